The van der Waals surface area contributed by atoms with Gasteiger partial charge in [0.15, 0.2) is 12.2 Å². The van der Waals surface area contributed by atoms with E-state index >= 15 is 0 Å². The molecule has 0 saturated carbocycles. The fourth-order valence-corrected chi connectivity index (χ4v) is 3.66. The van der Waals surface area contributed by atoms with Crippen LogP contribution in [0.5, 0.6) is 5.75 Å². The van der Waals surface area contributed by atoms with E-state index in [0.29, 0.717) is 6.54 Å². The van der Waals surface area contributed by atoms with Crippen LogP contribution in [-0.4, -0.2) is 17.6 Å². The molecule has 1 aliphatic rings. The number of fused-ring (bicyclic) bond motifs is 1. The van der Waals surface area contributed by atoms with Crippen LogP contribution in [0.4, 0.5) is 5.69 Å². The van der Waals surface area contributed by atoms with Crippen molar-refractivity contribution in [1.82, 2.24) is 4.57 Å². The van der Waals surface area contributed by atoms with Crippen LogP contribution in [-0.2, 0) is 24.3 Å². The summed E-state index contributed by atoms with van der Waals surface area (Å²) in [6.07, 6.45) is 4.22. The Bertz CT molecular complexity index is 974. The summed E-state index contributed by atoms with van der Waals surface area (Å²) in [6, 6.07) is 16.0. The van der Waals surface area contributed by atoms with Crippen LogP contribution in [0.25, 0.3) is 11.3 Å². The lowest BCUT2D eigenvalue weighted by Crippen LogP contribution is -2.42. The SMILES string of the molecule is COc1cccc(NC(=O)C[n+]2cc(-c3ccc(C)cc3)n3c2CCC3)c1. The molecule has 27 heavy (non-hydrogen) atoms. The van der Waals surface area contributed by atoms with Gasteiger partial charge in [0.05, 0.1) is 20.1 Å². The molecule has 1 N–H and O–H groups in total. The molecule has 0 fully saturated rings. The monoisotopic (exact) mass is 362 g/mol. The lowest BCUT2D eigenvalue weighted by molar-refractivity contribution is -0.690. The molecule has 1 amide bonds. The first-order valence-corrected chi connectivity index (χ1v) is 9.27. The highest BCUT2D eigenvalue weighted by atomic mass is 16.5. The summed E-state index contributed by atoms with van der Waals surface area (Å²) in [6.45, 7) is 3.40. The standard InChI is InChI=1S/C22H23N3O2/c1-16-8-10-17(11-9-16)20-14-24(22-7-4-12-25(20)22)15-21(26)23-18-5-3-6-19(13-18)27-2/h3,5-6,8-11,13-14H,4,7,12,15H2,1-2H3/p+1. The first-order chi connectivity index (χ1) is 13.1. The Morgan fingerprint density at radius 3 is 2.81 bits per heavy atom. The molecule has 0 saturated heterocycles. The predicted octanol–water partition coefficient (Wildman–Crippen LogP) is 3.34. The van der Waals surface area contributed by atoms with Crippen molar-refractivity contribution in [2.45, 2.75) is 32.9 Å². The Morgan fingerprint density at radius 1 is 1.22 bits per heavy atom. The highest BCUT2D eigenvalue weighted by Crippen LogP contribution is 2.25. The lowest BCUT2D eigenvalue weighted by Gasteiger charge is -2.06. The van der Waals surface area contributed by atoms with Gasteiger partial charge in [-0.25, -0.2) is 9.13 Å². The molecule has 4 rings (SSSR count). The van der Waals surface area contributed by atoms with E-state index in [1.807, 2.05) is 24.3 Å². The van der Waals surface area contributed by atoms with Gasteiger partial charge < -0.3 is 10.1 Å². The van der Waals surface area contributed by atoms with Gasteiger partial charge >= 0.3 is 0 Å². The fraction of sp³-hybridized carbons (Fsp3) is 0.273. The van der Waals surface area contributed by atoms with Crippen LogP contribution in [0.1, 0.15) is 17.8 Å². The van der Waals surface area contributed by atoms with Gasteiger partial charge in [-0.3, -0.25) is 4.79 Å². The third-order valence-electron chi connectivity index (χ3n) is 5.01. The molecule has 0 unspecified atom stereocenters. The smallest absolute Gasteiger partial charge is 0.266 e. The molecule has 1 aliphatic heterocycles. The summed E-state index contributed by atoms with van der Waals surface area (Å²) in [4.78, 5) is 12.6. The van der Waals surface area contributed by atoms with Crippen molar-refractivity contribution in [3.63, 3.8) is 0 Å². The van der Waals surface area contributed by atoms with E-state index in [9.17, 15) is 4.79 Å². The fourth-order valence-electron chi connectivity index (χ4n) is 3.66. The van der Waals surface area contributed by atoms with Crippen molar-refractivity contribution in [3.8, 4) is 17.0 Å². The van der Waals surface area contributed by atoms with Gasteiger partial charge in [0.2, 0.25) is 0 Å². The predicted molar refractivity (Wildman–Crippen MR) is 105 cm³/mol. The van der Waals surface area contributed by atoms with Crippen molar-refractivity contribution in [1.29, 1.82) is 0 Å². The topological polar surface area (TPSA) is 47.1 Å². The largest absolute Gasteiger partial charge is 0.497 e. The van der Waals surface area contributed by atoms with Crippen molar-refractivity contribution in [2.24, 2.45) is 0 Å². The van der Waals surface area contributed by atoms with Gasteiger partial charge in [-0.1, -0.05) is 35.9 Å². The van der Waals surface area contributed by atoms with Crippen molar-refractivity contribution in [3.05, 3.63) is 66.1 Å². The zero-order chi connectivity index (χ0) is 18.8. The molecule has 0 atom stereocenters. The number of benzene rings is 2. The Balaban J connectivity index is 1.56. The Labute approximate surface area is 159 Å². The van der Waals surface area contributed by atoms with Crippen LogP contribution in [0, 0.1) is 6.92 Å². The molecule has 0 radical (unpaired) electrons. The number of carbonyl (C=O) groups is 1. The number of amides is 1. The number of rotatable bonds is 5. The number of imidazole rings is 1. The van der Waals surface area contributed by atoms with Crippen LogP contribution in [0.3, 0.4) is 0 Å². The van der Waals surface area contributed by atoms with Crippen molar-refractivity contribution >= 4 is 11.6 Å². The van der Waals surface area contributed by atoms with Crippen molar-refractivity contribution in [2.75, 3.05) is 12.4 Å². The van der Waals surface area contributed by atoms with Crippen LogP contribution in [0.2, 0.25) is 0 Å². The second-order valence-corrected chi connectivity index (χ2v) is 6.96. The van der Waals surface area contributed by atoms with E-state index in [-0.39, 0.29) is 5.91 Å². The summed E-state index contributed by atoms with van der Waals surface area (Å²) >= 11 is 0. The number of nitrogens with zero attached hydrogens (tertiary/aromatic N) is 2. The molecule has 0 spiro atoms. The summed E-state index contributed by atoms with van der Waals surface area (Å²) in [5.41, 5.74) is 4.36. The zero-order valence-electron chi connectivity index (χ0n) is 15.7. The third kappa shape index (κ3) is 3.58. The molecule has 2 aromatic carbocycles. The first-order valence-electron chi connectivity index (χ1n) is 9.27. The van der Waals surface area contributed by atoms with Crippen molar-refractivity contribution < 1.29 is 14.1 Å². The van der Waals surface area contributed by atoms with Crippen LogP contribution >= 0.6 is 0 Å². The minimum absolute atomic E-state index is 0.0380. The Kier molecular flexibility index (Phi) is 4.67. The van der Waals surface area contributed by atoms with E-state index in [2.05, 4.69) is 51.8 Å². The molecule has 5 heteroatoms. The summed E-state index contributed by atoms with van der Waals surface area (Å²) < 4.78 is 9.63. The quantitative estimate of drug-likeness (QED) is 0.708. The maximum Gasteiger partial charge on any atom is 0.266 e. The maximum absolute atomic E-state index is 12.6. The van der Waals surface area contributed by atoms with Gasteiger partial charge in [-0.2, -0.15) is 0 Å². The highest BCUT2D eigenvalue weighted by Gasteiger charge is 2.29. The minimum Gasteiger partial charge on any atom is -0.497 e. The maximum atomic E-state index is 12.6. The second kappa shape index (κ2) is 7.27. The zero-order valence-corrected chi connectivity index (χ0v) is 15.7. The number of hydrogen-bond acceptors (Lipinski definition) is 2. The van der Waals surface area contributed by atoms with Gasteiger partial charge in [0, 0.05) is 17.3 Å². The van der Waals surface area contributed by atoms with Gasteiger partial charge in [0.25, 0.3) is 11.7 Å². The molecule has 0 aliphatic carbocycles. The molecule has 2 heterocycles. The van der Waals surface area contributed by atoms with Gasteiger partial charge in [-0.15, -0.1) is 0 Å². The number of ether oxygens (including phenoxy) is 1. The number of anilines is 1. The van der Waals surface area contributed by atoms with E-state index in [1.165, 1.54) is 22.6 Å². The first kappa shape index (κ1) is 17.3. The third-order valence-corrected chi connectivity index (χ3v) is 5.01. The average Bonchev–Trinajstić information content (AvgIpc) is 3.27. The lowest BCUT2D eigenvalue weighted by atomic mass is 10.1. The summed E-state index contributed by atoms with van der Waals surface area (Å²) in [7, 11) is 1.62. The molecule has 0 bridgehead atoms. The second-order valence-electron chi connectivity index (χ2n) is 6.96. The molecular weight excluding hydrogens is 338 g/mol. The molecule has 1 aromatic heterocycles. The van der Waals surface area contributed by atoms with Crippen LogP contribution in [0.15, 0.2) is 54.7 Å². The number of methoxy groups -OCH3 is 1. The number of aryl methyl sites for hydroxylation is 1. The normalized spacial score (nSPS) is 12.7. The molecular formula is C22H24N3O2+. The van der Waals surface area contributed by atoms with Gasteiger partial charge in [0.1, 0.15) is 11.9 Å². The number of carbonyl (C=O) groups excluding carboxylic acids is 1. The minimum atomic E-state index is -0.0380. The number of hydrogen-bond donors (Lipinski definition) is 1. The summed E-state index contributed by atoms with van der Waals surface area (Å²) in [5.74, 6) is 1.90. The number of aromatic nitrogens is 2. The average molecular weight is 362 g/mol. The Hall–Kier alpha value is -3.08. The summed E-state index contributed by atoms with van der Waals surface area (Å²) in [5, 5.41) is 2.96. The van der Waals surface area contributed by atoms with Crippen LogP contribution < -0.4 is 14.6 Å². The van der Waals surface area contributed by atoms with E-state index in [4.69, 9.17) is 4.74 Å². The van der Waals surface area contributed by atoms with E-state index in [1.54, 1.807) is 7.11 Å². The van der Waals surface area contributed by atoms with Gasteiger partial charge in [-0.05, 0) is 25.5 Å². The van der Waals surface area contributed by atoms with E-state index < -0.39 is 0 Å². The molecule has 138 valence electrons. The Morgan fingerprint density at radius 2 is 2.04 bits per heavy atom. The van der Waals surface area contributed by atoms with E-state index in [0.717, 1.165) is 30.8 Å². The molecule has 3 aromatic rings. The highest BCUT2D eigenvalue weighted by molar-refractivity contribution is 5.89. The number of nitrogens with one attached hydrogen (secondary N) is 1. The molecule has 5 nitrogen and oxygen atoms in total.